The first-order valence-corrected chi connectivity index (χ1v) is 13.7. The van der Waals surface area contributed by atoms with E-state index in [0.29, 0.717) is 34.5 Å². The van der Waals surface area contributed by atoms with Gasteiger partial charge >= 0.3 is 6.09 Å². The van der Waals surface area contributed by atoms with E-state index in [2.05, 4.69) is 32.3 Å². The normalized spacial score (nSPS) is 25.3. The Kier molecular flexibility index (Phi) is 7.23. The molecule has 5 heterocycles. The van der Waals surface area contributed by atoms with Crippen molar-refractivity contribution in [3.05, 3.63) is 35.4 Å². The molecule has 3 N–H and O–H groups in total. The number of halogens is 1. The molecule has 4 atom stereocenters. The molecule has 39 heavy (non-hydrogen) atoms. The number of hydrogen-bond acceptors (Lipinski definition) is 9. The van der Waals surface area contributed by atoms with Gasteiger partial charge in [-0.1, -0.05) is 23.7 Å². The largest absolute Gasteiger partial charge is 0.456 e. The number of aliphatic hydroxyl groups excluding tert-OH is 1. The summed E-state index contributed by atoms with van der Waals surface area (Å²) in [7, 11) is 0. The van der Waals surface area contributed by atoms with E-state index in [-0.39, 0.29) is 43.2 Å². The Labute approximate surface area is 230 Å². The van der Waals surface area contributed by atoms with Crippen LogP contribution in [0.25, 0.3) is 22.4 Å². The first kappa shape index (κ1) is 26.1. The van der Waals surface area contributed by atoms with E-state index < -0.39 is 6.10 Å². The van der Waals surface area contributed by atoms with Gasteiger partial charge in [0.25, 0.3) is 6.01 Å². The number of fused-ring (bicyclic) bond motifs is 2. The minimum absolute atomic E-state index is 0.0564. The van der Waals surface area contributed by atoms with Crippen LogP contribution in [0.4, 0.5) is 10.5 Å². The molecular weight excluding hydrogens is 526 g/mol. The highest BCUT2D eigenvalue weighted by Crippen LogP contribution is 2.33. The molecule has 3 aliphatic heterocycles. The van der Waals surface area contributed by atoms with Gasteiger partial charge in [-0.15, -0.1) is 0 Å². The van der Waals surface area contributed by atoms with E-state index in [1.54, 1.807) is 6.07 Å². The third-order valence-corrected chi connectivity index (χ3v) is 7.57. The smallest absolute Gasteiger partial charge is 0.407 e. The van der Waals surface area contributed by atoms with Gasteiger partial charge < -0.3 is 39.3 Å². The van der Waals surface area contributed by atoms with Gasteiger partial charge in [0.2, 0.25) is 0 Å². The Morgan fingerprint density at radius 3 is 2.64 bits per heavy atom. The Balaban J connectivity index is 1.10. The molecule has 0 aliphatic carbocycles. The second-order valence-electron chi connectivity index (χ2n) is 10.5. The minimum Gasteiger partial charge on any atom is -0.456 e. The molecule has 1 amide bonds. The highest BCUT2D eigenvalue weighted by molar-refractivity contribution is 6.33. The number of aliphatic hydroxyl groups is 1. The lowest BCUT2D eigenvalue weighted by Crippen LogP contribution is -2.40. The summed E-state index contributed by atoms with van der Waals surface area (Å²) in [5.74, 6) is 0. The summed E-state index contributed by atoms with van der Waals surface area (Å²) in [6.45, 7) is 5.98. The third-order valence-electron chi connectivity index (χ3n) is 7.28. The number of alkyl carbamates (subject to hydrolysis) is 1. The Bertz CT molecular complexity index is 1330. The molecule has 11 nitrogen and oxygen atoms in total. The monoisotopic (exact) mass is 557 g/mol. The maximum atomic E-state index is 11.9. The third kappa shape index (κ3) is 5.49. The van der Waals surface area contributed by atoms with Gasteiger partial charge in [-0.25, -0.2) is 9.78 Å². The zero-order chi connectivity index (χ0) is 27.1. The molecule has 1 aromatic carbocycles. The summed E-state index contributed by atoms with van der Waals surface area (Å²) in [5.41, 5.74) is 3.74. The van der Waals surface area contributed by atoms with E-state index in [4.69, 9.17) is 35.5 Å². The van der Waals surface area contributed by atoms with E-state index in [0.717, 1.165) is 37.2 Å². The number of ether oxygens (including phenoxy) is 4. The van der Waals surface area contributed by atoms with Gasteiger partial charge in [-0.05, 0) is 32.0 Å². The van der Waals surface area contributed by atoms with Crippen LogP contribution in [0.3, 0.4) is 0 Å². The predicted octanol–water partition coefficient (Wildman–Crippen LogP) is 3.29. The zero-order valence-corrected chi connectivity index (χ0v) is 22.6. The van der Waals surface area contributed by atoms with Gasteiger partial charge in [0.15, 0.2) is 11.8 Å². The molecule has 0 bridgehead atoms. The number of amides is 1. The number of pyridine rings is 1. The molecule has 0 radical (unpaired) electrons. The summed E-state index contributed by atoms with van der Waals surface area (Å²) in [6.07, 6.45) is -0.588. The summed E-state index contributed by atoms with van der Waals surface area (Å²) in [6, 6.07) is 10.2. The highest BCUT2D eigenvalue weighted by Gasteiger charge is 2.48. The first-order valence-electron chi connectivity index (χ1n) is 13.3. The number of hydrogen-bond donors (Lipinski definition) is 3. The number of aromatic nitrogens is 3. The second-order valence-corrected chi connectivity index (χ2v) is 10.9. The fraction of sp³-hybridized carbons (Fsp3) is 0.519. The lowest BCUT2D eigenvalue weighted by Gasteiger charge is -2.33. The molecule has 0 saturated carbocycles. The van der Waals surface area contributed by atoms with Gasteiger partial charge in [0, 0.05) is 43.2 Å². The van der Waals surface area contributed by atoms with Gasteiger partial charge in [0.1, 0.15) is 24.4 Å². The second kappa shape index (κ2) is 10.8. The lowest BCUT2D eigenvalue weighted by molar-refractivity contribution is 0.00706. The lowest BCUT2D eigenvalue weighted by atomic mass is 10.1. The van der Waals surface area contributed by atoms with Crippen molar-refractivity contribution in [2.24, 2.45) is 0 Å². The van der Waals surface area contributed by atoms with Crippen molar-refractivity contribution in [1.82, 2.24) is 20.3 Å². The molecule has 12 heteroatoms. The van der Waals surface area contributed by atoms with E-state index in [9.17, 15) is 9.90 Å². The standard InChI is InChI=1S/C27H32ClN5O6/c1-14(2)29-27(35)38-17-7-9-33(10-8-17)16-5-3-15(4-6-16)22-18(28)11-19-25(31-22)32-26(30-19)39-21-13-37-23-20(34)12-36-24(21)23/h3-6,11,14,17,20-21,23-24,34H,7-10,12-13H2,1-2H3,(H,29,35)(H,30,31,32)/t20-,21-,23?,24?/m1/s1. The number of anilines is 1. The van der Waals surface area contributed by atoms with E-state index in [1.807, 2.05) is 26.0 Å². The number of benzene rings is 1. The van der Waals surface area contributed by atoms with Crippen LogP contribution in [0.5, 0.6) is 6.01 Å². The number of H-pyrrole nitrogens is 1. The fourth-order valence-corrected chi connectivity index (χ4v) is 5.59. The summed E-state index contributed by atoms with van der Waals surface area (Å²) in [4.78, 5) is 26.5. The number of piperidine rings is 1. The SMILES string of the molecule is CC(C)NC(=O)OC1CCN(c2ccc(-c3nc4nc(O[C@@H]5COC6C5OC[C@H]6O)[nH]c4cc3Cl)cc2)CC1. The average molecular weight is 558 g/mol. The number of imidazole rings is 1. The van der Waals surface area contributed by atoms with Gasteiger partial charge in [0.05, 0.1) is 29.4 Å². The van der Waals surface area contributed by atoms with Crippen molar-refractivity contribution < 1.29 is 28.8 Å². The number of aromatic amines is 1. The topological polar surface area (TPSA) is 131 Å². The van der Waals surface area contributed by atoms with Gasteiger partial charge in [-0.3, -0.25) is 0 Å². The minimum atomic E-state index is -0.641. The molecular formula is C27H32ClN5O6. The molecule has 3 aliphatic rings. The Morgan fingerprint density at radius 2 is 1.90 bits per heavy atom. The highest BCUT2D eigenvalue weighted by atomic mass is 35.5. The average Bonchev–Trinajstić information content (AvgIpc) is 3.60. The van der Waals surface area contributed by atoms with E-state index in [1.165, 1.54) is 0 Å². The molecule has 6 rings (SSSR count). The van der Waals surface area contributed by atoms with Crippen LogP contribution in [-0.2, 0) is 14.2 Å². The van der Waals surface area contributed by atoms with Crippen LogP contribution >= 0.6 is 11.6 Å². The number of carbonyl (C=O) groups excluding carboxylic acids is 1. The molecule has 3 fully saturated rings. The van der Waals surface area contributed by atoms with Crippen molar-refractivity contribution in [3.63, 3.8) is 0 Å². The Morgan fingerprint density at radius 1 is 1.15 bits per heavy atom. The number of rotatable bonds is 6. The van der Waals surface area contributed by atoms with Crippen molar-refractivity contribution in [2.45, 2.75) is 63.3 Å². The summed E-state index contributed by atoms with van der Waals surface area (Å²) >= 11 is 6.61. The van der Waals surface area contributed by atoms with E-state index >= 15 is 0 Å². The zero-order valence-electron chi connectivity index (χ0n) is 21.8. The summed E-state index contributed by atoms with van der Waals surface area (Å²) < 4.78 is 22.8. The van der Waals surface area contributed by atoms with Crippen molar-refractivity contribution in [3.8, 4) is 17.3 Å². The maximum absolute atomic E-state index is 11.9. The fourth-order valence-electron chi connectivity index (χ4n) is 5.33. The van der Waals surface area contributed by atoms with Crippen LogP contribution < -0.4 is 15.0 Å². The van der Waals surface area contributed by atoms with Gasteiger partial charge in [-0.2, -0.15) is 4.98 Å². The Hall–Kier alpha value is -3.12. The van der Waals surface area contributed by atoms with Crippen molar-refractivity contribution in [1.29, 1.82) is 0 Å². The summed E-state index contributed by atoms with van der Waals surface area (Å²) in [5, 5.41) is 13.2. The van der Waals surface area contributed by atoms with Crippen LogP contribution in [0, 0.1) is 0 Å². The quantitative estimate of drug-likeness (QED) is 0.418. The van der Waals surface area contributed by atoms with Crippen molar-refractivity contribution >= 4 is 34.5 Å². The van der Waals surface area contributed by atoms with Crippen LogP contribution in [-0.4, -0.2) is 89.0 Å². The molecule has 3 saturated heterocycles. The predicted molar refractivity (Wildman–Crippen MR) is 144 cm³/mol. The first-order chi connectivity index (χ1) is 18.8. The maximum Gasteiger partial charge on any atom is 0.407 e. The molecule has 3 aromatic rings. The molecule has 0 spiro atoms. The molecule has 2 aromatic heterocycles. The molecule has 2 unspecified atom stereocenters. The number of nitrogens with zero attached hydrogens (tertiary/aromatic N) is 3. The van der Waals surface area contributed by atoms with Crippen LogP contribution in [0.1, 0.15) is 26.7 Å². The molecule has 208 valence electrons. The van der Waals surface area contributed by atoms with Crippen LogP contribution in [0.15, 0.2) is 30.3 Å². The van der Waals surface area contributed by atoms with Crippen LogP contribution in [0.2, 0.25) is 5.02 Å². The number of carbonyl (C=O) groups is 1. The number of nitrogens with one attached hydrogen (secondary N) is 2. The van der Waals surface area contributed by atoms with Crippen molar-refractivity contribution in [2.75, 3.05) is 31.2 Å².